The summed E-state index contributed by atoms with van der Waals surface area (Å²) in [5.74, 6) is 0.986. The fourth-order valence-electron chi connectivity index (χ4n) is 3.62. The molecule has 0 spiro atoms. The standard InChI is InChI=1S/C22H25BrN4OS/c1-22(2,3)27-20(28)12-19(29-27)14-9-8-13(10-15(14)23)11-16(24)21-25-17-6-4-5-7-18(17)26-21/h4-10,16,19H,11-12,24H2,1-3H3,(H,25,26)/t16-,19?/m0/s1. The van der Waals surface area contributed by atoms with E-state index in [9.17, 15) is 4.79 Å². The Morgan fingerprint density at radius 2 is 2.07 bits per heavy atom. The molecule has 29 heavy (non-hydrogen) atoms. The van der Waals surface area contributed by atoms with Crippen LogP contribution in [-0.4, -0.2) is 25.7 Å². The van der Waals surface area contributed by atoms with Gasteiger partial charge >= 0.3 is 0 Å². The van der Waals surface area contributed by atoms with Gasteiger partial charge in [0, 0.05) is 16.4 Å². The Bertz CT molecular complexity index is 1030. The predicted octanol–water partition coefficient (Wildman–Crippen LogP) is 5.29. The largest absolute Gasteiger partial charge is 0.341 e. The summed E-state index contributed by atoms with van der Waals surface area (Å²) in [7, 11) is 0. The van der Waals surface area contributed by atoms with Crippen molar-refractivity contribution in [2.45, 2.75) is 50.4 Å². The molecule has 152 valence electrons. The first-order valence-corrected chi connectivity index (χ1v) is 11.3. The summed E-state index contributed by atoms with van der Waals surface area (Å²) < 4.78 is 2.92. The van der Waals surface area contributed by atoms with Gasteiger partial charge < -0.3 is 10.7 Å². The summed E-state index contributed by atoms with van der Waals surface area (Å²) in [5, 5.41) is 0.134. The van der Waals surface area contributed by atoms with Gasteiger partial charge in [-0.25, -0.2) is 4.98 Å². The van der Waals surface area contributed by atoms with Gasteiger partial charge in [-0.15, -0.1) is 0 Å². The van der Waals surface area contributed by atoms with Crippen LogP contribution in [0.2, 0.25) is 0 Å². The maximum atomic E-state index is 12.4. The molecular weight excluding hydrogens is 448 g/mol. The molecule has 5 nitrogen and oxygen atoms in total. The second kappa shape index (κ2) is 7.78. The molecule has 0 bridgehead atoms. The number of imidazole rings is 1. The third-order valence-electron chi connectivity index (χ3n) is 5.05. The van der Waals surface area contributed by atoms with Crippen molar-refractivity contribution in [2.75, 3.05) is 0 Å². The first-order chi connectivity index (χ1) is 13.7. The lowest BCUT2D eigenvalue weighted by atomic mass is 10.0. The van der Waals surface area contributed by atoms with Gasteiger partial charge in [0.25, 0.3) is 0 Å². The average Bonchev–Trinajstić information content (AvgIpc) is 3.25. The molecule has 0 aliphatic carbocycles. The molecule has 4 rings (SSSR count). The summed E-state index contributed by atoms with van der Waals surface area (Å²) >= 11 is 5.34. The Labute approximate surface area is 183 Å². The van der Waals surface area contributed by atoms with Crippen molar-refractivity contribution in [1.29, 1.82) is 0 Å². The van der Waals surface area contributed by atoms with Crippen LogP contribution in [0.15, 0.2) is 46.9 Å². The number of amides is 1. The van der Waals surface area contributed by atoms with Gasteiger partial charge in [0.15, 0.2) is 0 Å². The second-order valence-electron chi connectivity index (χ2n) is 8.46. The van der Waals surface area contributed by atoms with Crippen LogP contribution in [0, 0.1) is 0 Å². The number of aromatic amines is 1. The minimum Gasteiger partial charge on any atom is -0.341 e. The molecule has 7 heteroatoms. The number of hydrogen-bond donors (Lipinski definition) is 2. The molecule has 2 aromatic carbocycles. The Morgan fingerprint density at radius 1 is 1.31 bits per heavy atom. The van der Waals surface area contributed by atoms with E-state index >= 15 is 0 Å². The first kappa shape index (κ1) is 20.4. The van der Waals surface area contributed by atoms with Crippen LogP contribution in [0.1, 0.15) is 55.4 Å². The molecule has 2 heterocycles. The molecule has 1 aliphatic heterocycles. The number of para-hydroxylation sites is 2. The zero-order valence-electron chi connectivity index (χ0n) is 16.8. The number of hydrogen-bond acceptors (Lipinski definition) is 4. The predicted molar refractivity (Wildman–Crippen MR) is 122 cm³/mol. The van der Waals surface area contributed by atoms with Gasteiger partial charge in [0.1, 0.15) is 5.82 Å². The van der Waals surface area contributed by atoms with Crippen LogP contribution in [0.3, 0.4) is 0 Å². The SMILES string of the molecule is CC(C)(C)N1SC(c2ccc(C[C@H](N)c3nc4ccccc4[nH]3)cc2Br)CC1=O. The van der Waals surface area contributed by atoms with E-state index in [1.807, 2.05) is 28.6 Å². The van der Waals surface area contributed by atoms with E-state index in [0.29, 0.717) is 12.8 Å². The molecule has 1 saturated heterocycles. The molecular formula is C22H25BrN4OS. The third kappa shape index (κ3) is 4.22. The number of carbonyl (C=O) groups is 1. The summed E-state index contributed by atoms with van der Waals surface area (Å²) in [6, 6.07) is 14.1. The van der Waals surface area contributed by atoms with E-state index in [0.717, 1.165) is 32.5 Å². The monoisotopic (exact) mass is 472 g/mol. The smallest absolute Gasteiger partial charge is 0.234 e. The van der Waals surface area contributed by atoms with E-state index < -0.39 is 0 Å². The molecule has 3 N–H and O–H groups in total. The Balaban J connectivity index is 1.49. The average molecular weight is 473 g/mol. The molecule has 2 atom stereocenters. The number of H-pyrrole nitrogens is 1. The van der Waals surface area contributed by atoms with Crippen molar-refractivity contribution in [2.24, 2.45) is 5.73 Å². The molecule has 1 amide bonds. The van der Waals surface area contributed by atoms with Gasteiger partial charge in [-0.2, -0.15) is 0 Å². The quantitative estimate of drug-likeness (QED) is 0.505. The Morgan fingerprint density at radius 3 is 2.72 bits per heavy atom. The fourth-order valence-corrected chi connectivity index (χ4v) is 5.77. The van der Waals surface area contributed by atoms with Crippen LogP contribution < -0.4 is 5.73 Å². The number of nitrogens with two attached hydrogens (primary N) is 1. The van der Waals surface area contributed by atoms with Gasteiger partial charge in [0.05, 0.1) is 22.3 Å². The summed E-state index contributed by atoms with van der Waals surface area (Å²) in [6.07, 6.45) is 1.21. The second-order valence-corrected chi connectivity index (χ2v) is 10.5. The molecule has 1 aromatic heterocycles. The van der Waals surface area contributed by atoms with Crippen LogP contribution in [0.25, 0.3) is 11.0 Å². The number of fused-ring (bicyclic) bond motifs is 1. The summed E-state index contributed by atoms with van der Waals surface area (Å²) in [5.41, 5.74) is 10.5. The van der Waals surface area contributed by atoms with Crippen molar-refractivity contribution in [3.63, 3.8) is 0 Å². The minimum atomic E-state index is -0.209. The lowest BCUT2D eigenvalue weighted by molar-refractivity contribution is -0.127. The van der Waals surface area contributed by atoms with E-state index in [1.165, 1.54) is 0 Å². The molecule has 1 fully saturated rings. The van der Waals surface area contributed by atoms with Crippen LogP contribution in [-0.2, 0) is 11.2 Å². The van der Waals surface area contributed by atoms with Crippen molar-refractivity contribution in [1.82, 2.24) is 14.3 Å². The van der Waals surface area contributed by atoms with Crippen molar-refractivity contribution in [3.8, 4) is 0 Å². The highest BCUT2D eigenvalue weighted by Crippen LogP contribution is 2.47. The number of aromatic nitrogens is 2. The molecule has 1 aliphatic rings. The number of nitrogens with one attached hydrogen (secondary N) is 1. The topological polar surface area (TPSA) is 75.0 Å². The summed E-state index contributed by atoms with van der Waals surface area (Å²) in [6.45, 7) is 6.20. The Hall–Kier alpha value is -1.83. The van der Waals surface area contributed by atoms with E-state index in [1.54, 1.807) is 11.9 Å². The summed E-state index contributed by atoms with van der Waals surface area (Å²) in [4.78, 5) is 20.4. The third-order valence-corrected chi connectivity index (χ3v) is 7.38. The minimum absolute atomic E-state index is 0.134. The number of nitrogens with zero attached hydrogens (tertiary/aromatic N) is 2. The van der Waals surface area contributed by atoms with Gasteiger partial charge in [-0.1, -0.05) is 40.2 Å². The molecule has 1 unspecified atom stereocenters. The van der Waals surface area contributed by atoms with Gasteiger partial charge in [0.2, 0.25) is 5.91 Å². The van der Waals surface area contributed by atoms with E-state index in [4.69, 9.17) is 5.73 Å². The van der Waals surface area contributed by atoms with Crippen LogP contribution >= 0.6 is 27.9 Å². The van der Waals surface area contributed by atoms with E-state index in [2.05, 4.69) is 64.9 Å². The normalized spacial score (nSPS) is 18.6. The molecule has 0 saturated carbocycles. The number of rotatable bonds is 4. The van der Waals surface area contributed by atoms with Crippen molar-refractivity contribution < 1.29 is 4.79 Å². The van der Waals surface area contributed by atoms with Gasteiger partial charge in [-0.05, 0) is 68.5 Å². The lowest BCUT2D eigenvalue weighted by Crippen LogP contribution is -2.37. The van der Waals surface area contributed by atoms with Crippen molar-refractivity contribution in [3.05, 3.63) is 63.9 Å². The first-order valence-electron chi connectivity index (χ1n) is 9.71. The van der Waals surface area contributed by atoms with Crippen LogP contribution in [0.5, 0.6) is 0 Å². The zero-order chi connectivity index (χ0) is 20.8. The fraction of sp³-hybridized carbons (Fsp3) is 0.364. The lowest BCUT2D eigenvalue weighted by Gasteiger charge is -2.30. The molecule has 3 aromatic rings. The highest BCUT2D eigenvalue weighted by Gasteiger charge is 2.38. The van der Waals surface area contributed by atoms with Gasteiger partial charge in [-0.3, -0.25) is 9.10 Å². The highest BCUT2D eigenvalue weighted by molar-refractivity contribution is 9.10. The maximum absolute atomic E-state index is 12.4. The number of benzene rings is 2. The highest BCUT2D eigenvalue weighted by atomic mass is 79.9. The number of halogens is 1. The number of carbonyl (C=O) groups excluding carboxylic acids is 1. The Kier molecular flexibility index (Phi) is 5.48. The van der Waals surface area contributed by atoms with E-state index in [-0.39, 0.29) is 22.7 Å². The zero-order valence-corrected chi connectivity index (χ0v) is 19.2. The maximum Gasteiger partial charge on any atom is 0.234 e. The van der Waals surface area contributed by atoms with Crippen LogP contribution in [0.4, 0.5) is 0 Å². The van der Waals surface area contributed by atoms with Crippen molar-refractivity contribution >= 4 is 44.8 Å². The molecule has 0 radical (unpaired) electrons.